The maximum Gasteiger partial charge on any atom is 0.0633 e. The molecule has 2 N–H and O–H groups in total. The molecule has 1 aromatic rings. The van der Waals surface area contributed by atoms with Crippen LogP contribution < -0.4 is 10.6 Å². The highest BCUT2D eigenvalue weighted by molar-refractivity contribution is 6.32. The van der Waals surface area contributed by atoms with Crippen molar-refractivity contribution in [2.75, 3.05) is 23.7 Å². The monoisotopic (exact) mass is 224 g/mol. The van der Waals surface area contributed by atoms with E-state index in [0.717, 1.165) is 29.4 Å². The number of nitrogen functional groups attached to an aromatic ring is 1. The molecule has 0 saturated carbocycles. The number of rotatable bonds is 1. The van der Waals surface area contributed by atoms with Gasteiger partial charge in [0.05, 0.1) is 11.4 Å². The van der Waals surface area contributed by atoms with E-state index < -0.39 is 0 Å². The van der Waals surface area contributed by atoms with E-state index in [0.29, 0.717) is 0 Å². The van der Waals surface area contributed by atoms with Crippen LogP contribution >= 0.6 is 11.6 Å². The molecule has 0 aliphatic carbocycles. The van der Waals surface area contributed by atoms with Crippen molar-refractivity contribution in [3.05, 3.63) is 22.2 Å². The lowest BCUT2D eigenvalue weighted by atomic mass is 10.1. The standard InChI is InChI=1S/C12H17ClN2/c1-8-7-10(13)9(2)11(14)12(8)15-5-3-4-6-15/h7H,3-6,14H2,1-2H3. The highest BCUT2D eigenvalue weighted by Gasteiger charge is 2.19. The summed E-state index contributed by atoms with van der Waals surface area (Å²) in [5.41, 5.74) is 10.4. The van der Waals surface area contributed by atoms with E-state index in [1.54, 1.807) is 0 Å². The third kappa shape index (κ3) is 1.78. The molecule has 1 saturated heterocycles. The SMILES string of the molecule is Cc1cc(Cl)c(C)c(N)c1N1CCCC1. The molecular weight excluding hydrogens is 208 g/mol. The summed E-state index contributed by atoms with van der Waals surface area (Å²) in [6.45, 7) is 6.30. The van der Waals surface area contributed by atoms with E-state index in [1.807, 2.05) is 13.0 Å². The van der Waals surface area contributed by atoms with Gasteiger partial charge in [0, 0.05) is 18.1 Å². The maximum absolute atomic E-state index is 6.14. The van der Waals surface area contributed by atoms with Crippen molar-refractivity contribution in [2.24, 2.45) is 0 Å². The van der Waals surface area contributed by atoms with E-state index in [1.165, 1.54) is 24.1 Å². The van der Waals surface area contributed by atoms with Crippen LogP contribution in [0.3, 0.4) is 0 Å². The number of hydrogen-bond donors (Lipinski definition) is 1. The van der Waals surface area contributed by atoms with Gasteiger partial charge in [-0.2, -0.15) is 0 Å². The van der Waals surface area contributed by atoms with E-state index in [2.05, 4.69) is 11.8 Å². The van der Waals surface area contributed by atoms with Crippen LogP contribution in [0.5, 0.6) is 0 Å². The van der Waals surface area contributed by atoms with Crippen LogP contribution in [0.2, 0.25) is 5.02 Å². The molecule has 0 aromatic heterocycles. The maximum atomic E-state index is 6.14. The molecule has 3 heteroatoms. The van der Waals surface area contributed by atoms with Crippen molar-refractivity contribution in [1.82, 2.24) is 0 Å². The van der Waals surface area contributed by atoms with E-state index >= 15 is 0 Å². The second-order valence-electron chi connectivity index (χ2n) is 4.26. The van der Waals surface area contributed by atoms with Gasteiger partial charge in [-0.25, -0.2) is 0 Å². The summed E-state index contributed by atoms with van der Waals surface area (Å²) in [7, 11) is 0. The van der Waals surface area contributed by atoms with Crippen molar-refractivity contribution in [2.45, 2.75) is 26.7 Å². The lowest BCUT2D eigenvalue weighted by Crippen LogP contribution is -2.20. The van der Waals surface area contributed by atoms with Crippen molar-refractivity contribution >= 4 is 23.0 Å². The predicted molar refractivity (Wildman–Crippen MR) is 66.8 cm³/mol. The minimum Gasteiger partial charge on any atom is -0.397 e. The third-order valence-corrected chi connectivity index (χ3v) is 3.55. The third-order valence-electron chi connectivity index (χ3n) is 3.16. The Labute approximate surface area is 96.0 Å². The molecule has 2 rings (SSSR count). The Morgan fingerprint density at radius 1 is 1.27 bits per heavy atom. The first-order chi connectivity index (χ1) is 7.11. The van der Waals surface area contributed by atoms with Crippen LogP contribution in [0.1, 0.15) is 24.0 Å². The summed E-state index contributed by atoms with van der Waals surface area (Å²) in [6, 6.07) is 2.01. The first-order valence-electron chi connectivity index (χ1n) is 5.41. The Bertz CT molecular complexity index is 382. The normalized spacial score (nSPS) is 16.1. The summed E-state index contributed by atoms with van der Waals surface area (Å²) in [6.07, 6.45) is 2.53. The zero-order valence-corrected chi connectivity index (χ0v) is 10.1. The number of nitrogens with two attached hydrogens (primary N) is 1. The van der Waals surface area contributed by atoms with Crippen LogP contribution in [0.15, 0.2) is 6.07 Å². The molecule has 1 aromatic carbocycles. The molecule has 15 heavy (non-hydrogen) atoms. The molecule has 1 aliphatic heterocycles. The predicted octanol–water partition coefficient (Wildman–Crippen LogP) is 3.14. The summed E-state index contributed by atoms with van der Waals surface area (Å²) < 4.78 is 0. The van der Waals surface area contributed by atoms with Gasteiger partial charge >= 0.3 is 0 Å². The number of aryl methyl sites for hydroxylation is 1. The number of benzene rings is 1. The van der Waals surface area contributed by atoms with E-state index in [4.69, 9.17) is 17.3 Å². The molecule has 0 spiro atoms. The largest absolute Gasteiger partial charge is 0.397 e. The lowest BCUT2D eigenvalue weighted by molar-refractivity contribution is 0.949. The lowest BCUT2D eigenvalue weighted by Gasteiger charge is -2.23. The molecule has 1 heterocycles. The molecule has 2 nitrogen and oxygen atoms in total. The molecular formula is C12H17ClN2. The summed E-state index contributed by atoms with van der Waals surface area (Å²) in [5, 5.41) is 0.771. The van der Waals surface area contributed by atoms with Crippen molar-refractivity contribution in [3.8, 4) is 0 Å². The van der Waals surface area contributed by atoms with Gasteiger partial charge in [0.15, 0.2) is 0 Å². The molecule has 82 valence electrons. The van der Waals surface area contributed by atoms with Gasteiger partial charge < -0.3 is 10.6 Å². The van der Waals surface area contributed by atoms with Gasteiger partial charge in [-0.3, -0.25) is 0 Å². The van der Waals surface area contributed by atoms with Crippen LogP contribution in [0.4, 0.5) is 11.4 Å². The van der Waals surface area contributed by atoms with Gasteiger partial charge in [-0.1, -0.05) is 11.6 Å². The Hall–Kier alpha value is -0.890. The minimum atomic E-state index is 0.771. The fourth-order valence-electron chi connectivity index (χ4n) is 2.25. The highest BCUT2D eigenvalue weighted by atomic mass is 35.5. The smallest absolute Gasteiger partial charge is 0.0633 e. The fraction of sp³-hybridized carbons (Fsp3) is 0.500. The van der Waals surface area contributed by atoms with Crippen molar-refractivity contribution < 1.29 is 0 Å². The average Bonchev–Trinajstić information content (AvgIpc) is 2.68. The first kappa shape index (κ1) is 10.6. The molecule has 1 fully saturated rings. The number of anilines is 2. The molecule has 0 bridgehead atoms. The Morgan fingerprint density at radius 3 is 2.47 bits per heavy atom. The molecule has 0 unspecified atom stereocenters. The fourth-order valence-corrected chi connectivity index (χ4v) is 2.51. The number of nitrogens with zero attached hydrogens (tertiary/aromatic N) is 1. The zero-order valence-electron chi connectivity index (χ0n) is 9.31. The van der Waals surface area contributed by atoms with Crippen LogP contribution in [0, 0.1) is 13.8 Å². The number of hydrogen-bond acceptors (Lipinski definition) is 2. The topological polar surface area (TPSA) is 29.3 Å². The van der Waals surface area contributed by atoms with Gasteiger partial charge in [-0.05, 0) is 43.9 Å². The van der Waals surface area contributed by atoms with Gasteiger partial charge in [-0.15, -0.1) is 0 Å². The van der Waals surface area contributed by atoms with Gasteiger partial charge in [0.1, 0.15) is 0 Å². The average molecular weight is 225 g/mol. The summed E-state index contributed by atoms with van der Waals surface area (Å²) in [5.74, 6) is 0. The van der Waals surface area contributed by atoms with Crippen LogP contribution in [-0.2, 0) is 0 Å². The van der Waals surface area contributed by atoms with Gasteiger partial charge in [0.2, 0.25) is 0 Å². The summed E-state index contributed by atoms with van der Waals surface area (Å²) >= 11 is 6.10. The van der Waals surface area contributed by atoms with Gasteiger partial charge in [0.25, 0.3) is 0 Å². The van der Waals surface area contributed by atoms with Crippen molar-refractivity contribution in [1.29, 1.82) is 0 Å². The quantitative estimate of drug-likeness (QED) is 0.743. The molecule has 0 amide bonds. The van der Waals surface area contributed by atoms with E-state index in [-0.39, 0.29) is 0 Å². The zero-order chi connectivity index (χ0) is 11.0. The van der Waals surface area contributed by atoms with E-state index in [9.17, 15) is 0 Å². The second kappa shape index (κ2) is 3.93. The molecule has 1 aliphatic rings. The Kier molecular flexibility index (Phi) is 2.79. The van der Waals surface area contributed by atoms with Crippen LogP contribution in [0.25, 0.3) is 0 Å². The molecule has 0 atom stereocenters. The Morgan fingerprint density at radius 2 is 1.87 bits per heavy atom. The van der Waals surface area contributed by atoms with Crippen LogP contribution in [-0.4, -0.2) is 13.1 Å². The second-order valence-corrected chi connectivity index (χ2v) is 4.66. The summed E-state index contributed by atoms with van der Waals surface area (Å²) in [4.78, 5) is 2.37. The Balaban J connectivity index is 2.50. The number of halogens is 1. The van der Waals surface area contributed by atoms with Crippen molar-refractivity contribution in [3.63, 3.8) is 0 Å². The molecule has 0 radical (unpaired) electrons. The highest BCUT2D eigenvalue weighted by Crippen LogP contribution is 2.36. The first-order valence-corrected chi connectivity index (χ1v) is 5.79. The minimum absolute atomic E-state index is 0.771.